The molecule has 0 aromatic carbocycles. The van der Waals surface area contributed by atoms with Crippen LogP contribution in [-0.4, -0.2) is 28.0 Å². The first-order valence-corrected chi connectivity index (χ1v) is 4.11. The summed E-state index contributed by atoms with van der Waals surface area (Å²) in [5.74, 6) is 0. The fraction of sp³-hybridized carbons (Fsp3) is 0.625. The summed E-state index contributed by atoms with van der Waals surface area (Å²) in [4.78, 5) is 0. The number of aliphatic hydroxyl groups is 1. The average molecular weight is 169 g/mol. The molecule has 0 saturated carbocycles. The minimum absolute atomic E-state index is 0.446. The molecule has 0 aliphatic rings. The van der Waals surface area contributed by atoms with E-state index in [1.807, 2.05) is 20.2 Å². The molecule has 4 nitrogen and oxygen atoms in total. The van der Waals surface area contributed by atoms with Crippen LogP contribution in [0.5, 0.6) is 0 Å². The first kappa shape index (κ1) is 9.22. The van der Waals surface area contributed by atoms with Gasteiger partial charge in [0.1, 0.15) is 0 Å². The molecule has 1 aromatic heterocycles. The second kappa shape index (κ2) is 4.23. The predicted molar refractivity (Wildman–Crippen MR) is 46.7 cm³/mol. The van der Waals surface area contributed by atoms with Crippen LogP contribution in [0.25, 0.3) is 0 Å². The number of aliphatic hydroxyl groups excluding tert-OH is 1. The maximum absolute atomic E-state index is 9.55. The van der Waals surface area contributed by atoms with Gasteiger partial charge >= 0.3 is 0 Å². The van der Waals surface area contributed by atoms with Crippen LogP contribution in [0.1, 0.15) is 18.6 Å². The summed E-state index contributed by atoms with van der Waals surface area (Å²) in [6, 6.07) is 0. The number of hydrogen-bond acceptors (Lipinski definition) is 3. The molecule has 1 unspecified atom stereocenters. The molecule has 0 amide bonds. The van der Waals surface area contributed by atoms with Gasteiger partial charge in [-0.25, -0.2) is 0 Å². The molecule has 4 heteroatoms. The van der Waals surface area contributed by atoms with Gasteiger partial charge in [0.25, 0.3) is 0 Å². The minimum atomic E-state index is -0.446. The predicted octanol–water partition coefficient (Wildman–Crippen LogP) is 0.0630. The van der Waals surface area contributed by atoms with Crippen molar-refractivity contribution in [3.63, 3.8) is 0 Å². The Morgan fingerprint density at radius 1 is 1.75 bits per heavy atom. The summed E-state index contributed by atoms with van der Waals surface area (Å²) in [5.41, 5.74) is 0.860. The summed E-state index contributed by atoms with van der Waals surface area (Å²) < 4.78 is 1.69. The zero-order valence-corrected chi connectivity index (χ0v) is 7.49. The molecule has 12 heavy (non-hydrogen) atoms. The molecule has 1 aromatic rings. The molecule has 1 heterocycles. The maximum atomic E-state index is 9.55. The Bertz CT molecular complexity index is 234. The number of aromatic nitrogens is 2. The number of aryl methyl sites for hydroxylation is 1. The summed E-state index contributed by atoms with van der Waals surface area (Å²) >= 11 is 0. The molecule has 0 radical (unpaired) electrons. The Morgan fingerprint density at radius 2 is 2.50 bits per heavy atom. The molecule has 2 N–H and O–H groups in total. The van der Waals surface area contributed by atoms with Crippen LogP contribution < -0.4 is 5.32 Å². The van der Waals surface area contributed by atoms with Gasteiger partial charge in [-0.05, 0) is 6.54 Å². The highest BCUT2D eigenvalue weighted by atomic mass is 16.3. The standard InChI is InChI=1S/C8H15N3O/c1-3-9-5-8(12)7-4-10-11(2)6-7/h4,6,8-9,12H,3,5H2,1-2H3. The van der Waals surface area contributed by atoms with E-state index in [1.165, 1.54) is 0 Å². The molecular formula is C8H15N3O. The van der Waals surface area contributed by atoms with Crippen LogP contribution in [0.2, 0.25) is 0 Å². The van der Waals surface area contributed by atoms with Crippen molar-refractivity contribution in [1.82, 2.24) is 15.1 Å². The first-order valence-electron chi connectivity index (χ1n) is 4.11. The molecule has 68 valence electrons. The minimum Gasteiger partial charge on any atom is -0.387 e. The van der Waals surface area contributed by atoms with Crippen molar-refractivity contribution in [2.24, 2.45) is 7.05 Å². The highest BCUT2D eigenvalue weighted by molar-refractivity contribution is 5.07. The second-order valence-corrected chi connectivity index (χ2v) is 2.77. The lowest BCUT2D eigenvalue weighted by atomic mass is 10.2. The monoisotopic (exact) mass is 169 g/mol. The molecule has 1 rings (SSSR count). The summed E-state index contributed by atoms with van der Waals surface area (Å²) in [7, 11) is 1.84. The van der Waals surface area contributed by atoms with E-state index in [0.717, 1.165) is 12.1 Å². The van der Waals surface area contributed by atoms with E-state index in [1.54, 1.807) is 10.9 Å². The Labute approximate surface area is 72.2 Å². The van der Waals surface area contributed by atoms with Gasteiger partial charge in [0.15, 0.2) is 0 Å². The van der Waals surface area contributed by atoms with Crippen LogP contribution in [0.3, 0.4) is 0 Å². The van der Waals surface area contributed by atoms with Crippen molar-refractivity contribution in [1.29, 1.82) is 0 Å². The third kappa shape index (κ3) is 2.32. The maximum Gasteiger partial charge on any atom is 0.0944 e. The van der Waals surface area contributed by atoms with Gasteiger partial charge in [-0.2, -0.15) is 5.10 Å². The SMILES string of the molecule is CCNCC(O)c1cnn(C)c1. The molecule has 0 fully saturated rings. The average Bonchev–Trinajstić information content (AvgIpc) is 2.47. The fourth-order valence-corrected chi connectivity index (χ4v) is 1.01. The Morgan fingerprint density at radius 3 is 3.00 bits per heavy atom. The quantitative estimate of drug-likeness (QED) is 0.670. The number of likely N-dealkylation sites (N-methyl/N-ethyl adjacent to an activating group) is 1. The fourth-order valence-electron chi connectivity index (χ4n) is 1.01. The molecule has 0 aliphatic carbocycles. The van der Waals surface area contributed by atoms with Crippen molar-refractivity contribution in [2.75, 3.05) is 13.1 Å². The van der Waals surface area contributed by atoms with Gasteiger partial charge in [0.2, 0.25) is 0 Å². The number of hydrogen-bond donors (Lipinski definition) is 2. The number of nitrogens with one attached hydrogen (secondary N) is 1. The molecule has 0 aliphatic heterocycles. The zero-order valence-electron chi connectivity index (χ0n) is 7.49. The van der Waals surface area contributed by atoms with Crippen molar-refractivity contribution < 1.29 is 5.11 Å². The third-order valence-corrected chi connectivity index (χ3v) is 1.70. The second-order valence-electron chi connectivity index (χ2n) is 2.77. The number of rotatable bonds is 4. The van der Waals surface area contributed by atoms with Crippen molar-refractivity contribution >= 4 is 0 Å². The largest absolute Gasteiger partial charge is 0.387 e. The van der Waals surface area contributed by atoms with Gasteiger partial charge in [-0.1, -0.05) is 6.92 Å². The normalized spacial score (nSPS) is 13.2. The topological polar surface area (TPSA) is 50.1 Å². The summed E-state index contributed by atoms with van der Waals surface area (Å²) in [6.07, 6.45) is 3.06. The Hall–Kier alpha value is -0.870. The van der Waals surface area contributed by atoms with Crippen molar-refractivity contribution in [2.45, 2.75) is 13.0 Å². The van der Waals surface area contributed by atoms with E-state index in [2.05, 4.69) is 10.4 Å². The van der Waals surface area contributed by atoms with Crippen LogP contribution in [0.15, 0.2) is 12.4 Å². The van der Waals surface area contributed by atoms with Gasteiger partial charge < -0.3 is 10.4 Å². The van der Waals surface area contributed by atoms with Crippen molar-refractivity contribution in [3.8, 4) is 0 Å². The van der Waals surface area contributed by atoms with Crippen LogP contribution in [-0.2, 0) is 7.05 Å². The van der Waals surface area contributed by atoms with E-state index in [-0.39, 0.29) is 0 Å². The van der Waals surface area contributed by atoms with E-state index < -0.39 is 6.10 Å². The molecule has 0 spiro atoms. The number of nitrogens with zero attached hydrogens (tertiary/aromatic N) is 2. The van der Waals surface area contributed by atoms with Gasteiger partial charge in [-0.3, -0.25) is 4.68 Å². The Balaban J connectivity index is 2.47. The third-order valence-electron chi connectivity index (χ3n) is 1.70. The van der Waals surface area contributed by atoms with Crippen LogP contribution >= 0.6 is 0 Å². The highest BCUT2D eigenvalue weighted by Gasteiger charge is 2.07. The van der Waals surface area contributed by atoms with E-state index >= 15 is 0 Å². The molecular weight excluding hydrogens is 154 g/mol. The van der Waals surface area contributed by atoms with Gasteiger partial charge in [0.05, 0.1) is 12.3 Å². The van der Waals surface area contributed by atoms with Gasteiger partial charge in [0, 0.05) is 25.4 Å². The Kier molecular flexibility index (Phi) is 3.25. The molecule has 1 atom stereocenters. The summed E-state index contributed by atoms with van der Waals surface area (Å²) in [5, 5.41) is 16.6. The lowest BCUT2D eigenvalue weighted by Gasteiger charge is -2.07. The van der Waals surface area contributed by atoms with E-state index in [9.17, 15) is 5.11 Å². The van der Waals surface area contributed by atoms with Crippen molar-refractivity contribution in [3.05, 3.63) is 18.0 Å². The van der Waals surface area contributed by atoms with E-state index in [4.69, 9.17) is 0 Å². The smallest absolute Gasteiger partial charge is 0.0944 e. The van der Waals surface area contributed by atoms with Crippen LogP contribution in [0, 0.1) is 0 Å². The lowest BCUT2D eigenvalue weighted by Crippen LogP contribution is -2.20. The zero-order chi connectivity index (χ0) is 8.97. The van der Waals surface area contributed by atoms with Crippen LogP contribution in [0.4, 0.5) is 0 Å². The lowest BCUT2D eigenvalue weighted by molar-refractivity contribution is 0.175. The first-order chi connectivity index (χ1) is 5.74. The highest BCUT2D eigenvalue weighted by Crippen LogP contribution is 2.08. The van der Waals surface area contributed by atoms with Gasteiger partial charge in [-0.15, -0.1) is 0 Å². The molecule has 0 saturated heterocycles. The molecule has 0 bridgehead atoms. The van der Waals surface area contributed by atoms with E-state index in [0.29, 0.717) is 6.54 Å². The summed E-state index contributed by atoms with van der Waals surface area (Å²) in [6.45, 7) is 3.47.